The van der Waals surface area contributed by atoms with Crippen molar-refractivity contribution < 1.29 is 19.1 Å². The van der Waals surface area contributed by atoms with Crippen LogP contribution in [0.25, 0.3) is 0 Å². The monoisotopic (exact) mass is 325 g/mol. The summed E-state index contributed by atoms with van der Waals surface area (Å²) >= 11 is 1.46. The highest BCUT2D eigenvalue weighted by molar-refractivity contribution is 7.16. The minimum absolute atomic E-state index is 0.302. The van der Waals surface area contributed by atoms with Gasteiger partial charge in [-0.1, -0.05) is 0 Å². The van der Waals surface area contributed by atoms with Crippen molar-refractivity contribution >= 4 is 28.4 Å². The summed E-state index contributed by atoms with van der Waals surface area (Å²) in [7, 11) is 0. The zero-order valence-electron chi connectivity index (χ0n) is 13.8. The van der Waals surface area contributed by atoms with Gasteiger partial charge in [-0.05, 0) is 47.5 Å². The van der Waals surface area contributed by atoms with Crippen LogP contribution in [-0.4, -0.2) is 30.8 Å². The smallest absolute Gasteiger partial charge is 0.415 e. The molecule has 0 atom stereocenters. The number of rotatable bonds is 2. The first-order chi connectivity index (χ1) is 10.2. The predicted molar refractivity (Wildman–Crippen MR) is 86.9 cm³/mol. The van der Waals surface area contributed by atoms with Gasteiger partial charge >= 0.3 is 12.1 Å². The molecule has 1 aliphatic rings. The maximum absolute atomic E-state index is 12.4. The van der Waals surface area contributed by atoms with Crippen LogP contribution in [0.15, 0.2) is 0 Å². The van der Waals surface area contributed by atoms with E-state index in [0.29, 0.717) is 18.7 Å². The van der Waals surface area contributed by atoms with Crippen LogP contribution < -0.4 is 4.90 Å². The molecule has 1 aromatic rings. The molecule has 0 N–H and O–H groups in total. The van der Waals surface area contributed by atoms with Crippen LogP contribution >= 0.6 is 11.3 Å². The average Bonchev–Trinajstić information content (AvgIpc) is 2.72. The number of anilines is 1. The van der Waals surface area contributed by atoms with Gasteiger partial charge in [-0.25, -0.2) is 9.59 Å². The summed E-state index contributed by atoms with van der Waals surface area (Å²) in [6.45, 7) is 10.2. The van der Waals surface area contributed by atoms with E-state index in [1.54, 1.807) is 11.8 Å². The number of esters is 1. The number of thiophene rings is 1. The lowest BCUT2D eigenvalue weighted by Crippen LogP contribution is -2.39. The Labute approximate surface area is 135 Å². The largest absolute Gasteiger partial charge is 0.462 e. The molecule has 0 saturated heterocycles. The summed E-state index contributed by atoms with van der Waals surface area (Å²) in [5, 5.41) is 0.820. The topological polar surface area (TPSA) is 55.8 Å². The van der Waals surface area contributed by atoms with Crippen molar-refractivity contribution in [2.45, 2.75) is 53.1 Å². The molecule has 5 nitrogen and oxygen atoms in total. The van der Waals surface area contributed by atoms with Crippen molar-refractivity contribution in [3.05, 3.63) is 16.0 Å². The Hall–Kier alpha value is -1.56. The number of aryl methyl sites for hydroxylation is 1. The molecule has 0 fully saturated rings. The van der Waals surface area contributed by atoms with Crippen molar-refractivity contribution in [3.8, 4) is 0 Å². The van der Waals surface area contributed by atoms with E-state index in [2.05, 4.69) is 0 Å². The van der Waals surface area contributed by atoms with E-state index in [1.165, 1.54) is 11.3 Å². The first-order valence-electron chi connectivity index (χ1n) is 7.54. The summed E-state index contributed by atoms with van der Waals surface area (Å²) in [4.78, 5) is 27.1. The minimum Gasteiger partial charge on any atom is -0.462 e. The van der Waals surface area contributed by atoms with Gasteiger partial charge < -0.3 is 9.47 Å². The molecule has 1 aliphatic heterocycles. The van der Waals surface area contributed by atoms with E-state index < -0.39 is 5.60 Å². The van der Waals surface area contributed by atoms with Gasteiger partial charge in [-0.15, -0.1) is 11.3 Å². The lowest BCUT2D eigenvalue weighted by molar-refractivity contribution is 0.0520. The third-order valence-electron chi connectivity index (χ3n) is 3.31. The normalized spacial score (nSPS) is 14.5. The van der Waals surface area contributed by atoms with Gasteiger partial charge in [-0.3, -0.25) is 4.90 Å². The van der Waals surface area contributed by atoms with Crippen LogP contribution in [0.3, 0.4) is 0 Å². The highest BCUT2D eigenvalue weighted by Crippen LogP contribution is 2.40. The van der Waals surface area contributed by atoms with Crippen molar-refractivity contribution in [1.82, 2.24) is 0 Å². The number of hydrogen-bond donors (Lipinski definition) is 0. The van der Waals surface area contributed by atoms with Gasteiger partial charge in [0.25, 0.3) is 0 Å². The third kappa shape index (κ3) is 3.43. The second kappa shape index (κ2) is 6.28. The first kappa shape index (κ1) is 16.8. The number of carbonyl (C=O) groups excluding carboxylic acids is 2. The van der Waals surface area contributed by atoms with Crippen molar-refractivity contribution in [3.63, 3.8) is 0 Å². The highest BCUT2D eigenvalue weighted by atomic mass is 32.1. The fourth-order valence-electron chi connectivity index (χ4n) is 2.50. The molecule has 6 heteroatoms. The fraction of sp³-hybridized carbons (Fsp3) is 0.625. The zero-order chi connectivity index (χ0) is 16.5. The lowest BCUT2D eigenvalue weighted by Gasteiger charge is -2.29. The average molecular weight is 325 g/mol. The molecule has 22 heavy (non-hydrogen) atoms. The Balaban J connectivity index is 2.34. The maximum Gasteiger partial charge on any atom is 0.415 e. The molecule has 2 rings (SSSR count). The van der Waals surface area contributed by atoms with Crippen molar-refractivity contribution in [2.75, 3.05) is 18.1 Å². The Morgan fingerprint density at radius 1 is 1.32 bits per heavy atom. The Kier molecular flexibility index (Phi) is 4.80. The molecule has 2 heterocycles. The molecule has 0 aliphatic carbocycles. The van der Waals surface area contributed by atoms with Gasteiger partial charge in [0.15, 0.2) is 0 Å². The zero-order valence-corrected chi connectivity index (χ0v) is 14.6. The van der Waals surface area contributed by atoms with Crippen LogP contribution in [0.5, 0.6) is 0 Å². The Morgan fingerprint density at radius 3 is 2.59 bits per heavy atom. The summed E-state index contributed by atoms with van der Waals surface area (Å²) in [5.41, 5.74) is 0.999. The molecule has 0 saturated carbocycles. The summed E-state index contributed by atoms with van der Waals surface area (Å²) in [6.07, 6.45) is 1.24. The van der Waals surface area contributed by atoms with Crippen LogP contribution in [0.2, 0.25) is 0 Å². The number of amides is 1. The highest BCUT2D eigenvalue weighted by Gasteiger charge is 2.33. The van der Waals surface area contributed by atoms with Crippen LogP contribution in [0, 0.1) is 6.92 Å². The SMILES string of the molecule is CCOC(=O)c1c(C)sc2c1CCCN2C(=O)OC(C)(C)C. The minimum atomic E-state index is -0.537. The molecule has 0 aromatic carbocycles. The van der Waals surface area contributed by atoms with Crippen LogP contribution in [-0.2, 0) is 15.9 Å². The van der Waals surface area contributed by atoms with Gasteiger partial charge in [0.2, 0.25) is 0 Å². The van der Waals surface area contributed by atoms with Gasteiger partial charge in [0.1, 0.15) is 10.6 Å². The standard InChI is InChI=1S/C16H23NO4S/c1-6-20-14(18)12-10(2)22-13-11(12)8-7-9-17(13)15(19)21-16(3,4)5/h6-9H2,1-5H3. The quantitative estimate of drug-likeness (QED) is 0.773. The van der Waals surface area contributed by atoms with E-state index in [9.17, 15) is 9.59 Å². The number of fused-ring (bicyclic) bond motifs is 1. The molecule has 122 valence electrons. The van der Waals surface area contributed by atoms with Gasteiger partial charge in [0.05, 0.1) is 12.2 Å². The molecule has 0 spiro atoms. The lowest BCUT2D eigenvalue weighted by atomic mass is 10.0. The molecular weight excluding hydrogens is 302 g/mol. The van der Waals surface area contributed by atoms with Gasteiger partial charge in [0, 0.05) is 17.0 Å². The van der Waals surface area contributed by atoms with E-state index in [-0.39, 0.29) is 12.1 Å². The van der Waals surface area contributed by atoms with Crippen LogP contribution in [0.1, 0.15) is 54.9 Å². The third-order valence-corrected chi connectivity index (χ3v) is 4.48. The number of carbonyl (C=O) groups is 2. The molecule has 1 aromatic heterocycles. The predicted octanol–water partition coefficient (Wildman–Crippen LogP) is 3.92. The van der Waals surface area contributed by atoms with E-state index in [4.69, 9.17) is 9.47 Å². The molecule has 1 amide bonds. The van der Waals surface area contributed by atoms with E-state index in [1.807, 2.05) is 27.7 Å². The van der Waals surface area contributed by atoms with Crippen LogP contribution in [0.4, 0.5) is 9.80 Å². The molecular formula is C16H23NO4S. The summed E-state index contributed by atoms with van der Waals surface area (Å²) in [6, 6.07) is 0. The number of hydrogen-bond acceptors (Lipinski definition) is 5. The van der Waals surface area contributed by atoms with Crippen molar-refractivity contribution in [1.29, 1.82) is 0 Å². The molecule has 0 bridgehead atoms. The maximum atomic E-state index is 12.4. The second-order valence-corrected chi connectivity index (χ2v) is 7.48. The molecule has 0 radical (unpaired) electrons. The first-order valence-corrected chi connectivity index (χ1v) is 8.36. The number of nitrogens with zero attached hydrogens (tertiary/aromatic N) is 1. The van der Waals surface area contributed by atoms with Crippen molar-refractivity contribution in [2.24, 2.45) is 0 Å². The summed E-state index contributed by atoms with van der Waals surface area (Å²) < 4.78 is 10.6. The second-order valence-electron chi connectivity index (χ2n) is 6.27. The molecule has 0 unspecified atom stereocenters. The summed E-state index contributed by atoms with van der Waals surface area (Å²) in [5.74, 6) is -0.302. The fourth-order valence-corrected chi connectivity index (χ4v) is 3.71. The Morgan fingerprint density at radius 2 is 2.00 bits per heavy atom. The Bertz CT molecular complexity index is 586. The van der Waals surface area contributed by atoms with Gasteiger partial charge in [-0.2, -0.15) is 0 Å². The number of ether oxygens (including phenoxy) is 2. The van der Waals surface area contributed by atoms with E-state index >= 15 is 0 Å². The van der Waals surface area contributed by atoms with E-state index in [0.717, 1.165) is 28.3 Å².